The van der Waals surface area contributed by atoms with Crippen LogP contribution in [-0.4, -0.2) is 0 Å². The molecule has 1 aromatic carbocycles. The van der Waals surface area contributed by atoms with Crippen LogP contribution in [0.3, 0.4) is 0 Å². The number of hydrogen-bond acceptors (Lipinski definition) is 1. The molecule has 0 amide bonds. The van der Waals surface area contributed by atoms with Crippen molar-refractivity contribution >= 4 is 11.3 Å². The molecule has 2 heteroatoms. The fourth-order valence-corrected chi connectivity index (χ4v) is 4.82. The van der Waals surface area contributed by atoms with Crippen molar-refractivity contribution < 1.29 is 4.57 Å². The van der Waals surface area contributed by atoms with Gasteiger partial charge in [0.15, 0.2) is 5.69 Å². The van der Waals surface area contributed by atoms with Crippen molar-refractivity contribution in [3.8, 4) is 5.69 Å². The van der Waals surface area contributed by atoms with Crippen LogP contribution >= 0.6 is 11.3 Å². The predicted octanol–water partition coefficient (Wildman–Crippen LogP) is 5.00. The first kappa shape index (κ1) is 13.8. The van der Waals surface area contributed by atoms with Crippen LogP contribution in [0.4, 0.5) is 0 Å². The molecular formula is C18H24NS+. The molecule has 1 aliphatic carbocycles. The maximum absolute atomic E-state index is 2.46. The van der Waals surface area contributed by atoms with Crippen LogP contribution in [0, 0.1) is 20.8 Å². The number of nitrogens with zero attached hydrogens (tertiary/aromatic N) is 1. The largest absolute Gasteiger partial charge is 0.240 e. The van der Waals surface area contributed by atoms with Crippen LogP contribution in [0.25, 0.3) is 5.69 Å². The number of aromatic nitrogens is 1. The van der Waals surface area contributed by atoms with Gasteiger partial charge >= 0.3 is 0 Å². The Morgan fingerprint density at radius 1 is 1.00 bits per heavy atom. The van der Waals surface area contributed by atoms with Crippen molar-refractivity contribution in [1.82, 2.24) is 0 Å². The van der Waals surface area contributed by atoms with E-state index in [9.17, 15) is 0 Å². The molecule has 0 bridgehead atoms. The van der Waals surface area contributed by atoms with Crippen molar-refractivity contribution in [3.63, 3.8) is 0 Å². The predicted molar refractivity (Wildman–Crippen MR) is 85.9 cm³/mol. The molecule has 1 nitrogen and oxygen atoms in total. The summed E-state index contributed by atoms with van der Waals surface area (Å²) in [7, 11) is 0. The maximum Gasteiger partial charge on any atom is 0.240 e. The second kappa shape index (κ2) is 5.69. The summed E-state index contributed by atoms with van der Waals surface area (Å²) >= 11 is 2.01. The summed E-state index contributed by atoms with van der Waals surface area (Å²) in [4.78, 5) is 1.63. The number of para-hydroxylation sites is 1. The highest BCUT2D eigenvalue weighted by Gasteiger charge is 2.29. The Morgan fingerprint density at radius 2 is 1.70 bits per heavy atom. The third kappa shape index (κ3) is 2.42. The topological polar surface area (TPSA) is 3.88 Å². The van der Waals surface area contributed by atoms with Gasteiger partial charge in [0.25, 0.3) is 0 Å². The molecule has 1 heterocycles. The van der Waals surface area contributed by atoms with Crippen LogP contribution in [0.15, 0.2) is 24.3 Å². The van der Waals surface area contributed by atoms with Crippen LogP contribution in [0.5, 0.6) is 0 Å². The second-order valence-corrected chi connectivity index (χ2v) is 7.26. The van der Waals surface area contributed by atoms with Crippen LogP contribution < -0.4 is 4.57 Å². The van der Waals surface area contributed by atoms with Gasteiger partial charge in [0.05, 0.1) is 4.88 Å². The van der Waals surface area contributed by atoms with Crippen LogP contribution in [0.1, 0.15) is 59.2 Å². The summed E-state index contributed by atoms with van der Waals surface area (Å²) in [6.45, 7) is 6.77. The summed E-state index contributed by atoms with van der Waals surface area (Å²) in [5, 5.41) is 1.41. The molecule has 3 rings (SSSR count). The van der Waals surface area contributed by atoms with Gasteiger partial charge in [0.1, 0.15) is 0 Å². The van der Waals surface area contributed by atoms with Gasteiger partial charge in [-0.3, -0.25) is 0 Å². The molecule has 20 heavy (non-hydrogen) atoms. The monoisotopic (exact) mass is 286 g/mol. The fourth-order valence-electron chi connectivity index (χ4n) is 3.53. The summed E-state index contributed by atoms with van der Waals surface area (Å²) in [6.07, 6.45) is 7.01. The highest BCUT2D eigenvalue weighted by Crippen LogP contribution is 2.37. The van der Waals surface area contributed by atoms with Gasteiger partial charge in [-0.2, -0.15) is 4.57 Å². The van der Waals surface area contributed by atoms with Gasteiger partial charge in [-0.25, -0.2) is 0 Å². The lowest BCUT2D eigenvalue weighted by Gasteiger charge is -2.19. The van der Waals surface area contributed by atoms with E-state index in [-0.39, 0.29) is 0 Å². The van der Waals surface area contributed by atoms with Crippen molar-refractivity contribution in [3.05, 3.63) is 45.4 Å². The lowest BCUT2D eigenvalue weighted by atomic mass is 9.87. The summed E-state index contributed by atoms with van der Waals surface area (Å²) in [5.41, 5.74) is 4.17. The minimum absolute atomic E-state index is 0.803. The molecule has 0 aliphatic heterocycles. The SMILES string of the molecule is Cc1ccccc1-[n+]1c(C)sc(C2CCCCC2)c1C. The summed E-state index contributed by atoms with van der Waals surface area (Å²) < 4.78 is 2.46. The van der Waals surface area contributed by atoms with Gasteiger partial charge in [-0.05, 0) is 25.7 Å². The second-order valence-electron chi connectivity index (χ2n) is 6.03. The average Bonchev–Trinajstić information content (AvgIpc) is 2.76. The van der Waals surface area contributed by atoms with Gasteiger partial charge in [0, 0.05) is 25.5 Å². The third-order valence-corrected chi connectivity index (χ3v) is 5.92. The molecule has 106 valence electrons. The first-order chi connectivity index (χ1) is 9.68. The number of aryl methyl sites for hydroxylation is 2. The minimum atomic E-state index is 0.803. The Hall–Kier alpha value is -1.15. The molecule has 0 atom stereocenters. The number of thiazole rings is 1. The first-order valence-electron chi connectivity index (χ1n) is 7.76. The van der Waals surface area contributed by atoms with E-state index >= 15 is 0 Å². The van der Waals surface area contributed by atoms with Gasteiger partial charge in [-0.15, -0.1) is 0 Å². The molecule has 1 aromatic heterocycles. The molecule has 0 unspecified atom stereocenters. The van der Waals surface area contributed by atoms with Gasteiger partial charge in [0.2, 0.25) is 10.7 Å². The minimum Gasteiger partial charge on any atom is -0.152 e. The quantitative estimate of drug-likeness (QED) is 0.684. The zero-order chi connectivity index (χ0) is 14.1. The Balaban J connectivity index is 2.05. The summed E-state index contributed by atoms with van der Waals surface area (Å²) in [6, 6.07) is 8.72. The number of rotatable bonds is 2. The molecule has 0 N–H and O–H groups in total. The molecule has 0 radical (unpaired) electrons. The molecule has 0 saturated heterocycles. The Morgan fingerprint density at radius 3 is 2.40 bits per heavy atom. The molecule has 1 aliphatic rings. The fraction of sp³-hybridized carbons (Fsp3) is 0.500. The van der Waals surface area contributed by atoms with E-state index in [1.165, 1.54) is 54.1 Å². The van der Waals surface area contributed by atoms with Crippen molar-refractivity contribution in [1.29, 1.82) is 0 Å². The Labute approximate surface area is 126 Å². The van der Waals surface area contributed by atoms with Crippen LogP contribution in [-0.2, 0) is 0 Å². The maximum atomic E-state index is 2.46. The van der Waals surface area contributed by atoms with Crippen LogP contribution in [0.2, 0.25) is 0 Å². The highest BCUT2D eigenvalue weighted by molar-refractivity contribution is 7.11. The van der Waals surface area contributed by atoms with E-state index < -0.39 is 0 Å². The Bertz CT molecular complexity index is 606. The lowest BCUT2D eigenvalue weighted by Crippen LogP contribution is -2.35. The van der Waals surface area contributed by atoms with E-state index in [1.807, 2.05) is 11.3 Å². The van der Waals surface area contributed by atoms with Crippen molar-refractivity contribution in [2.75, 3.05) is 0 Å². The highest BCUT2D eigenvalue weighted by atomic mass is 32.1. The Kier molecular flexibility index (Phi) is 3.93. The van der Waals surface area contributed by atoms with Crippen molar-refractivity contribution in [2.45, 2.75) is 58.8 Å². The van der Waals surface area contributed by atoms with E-state index in [0.717, 1.165) is 5.92 Å². The zero-order valence-corrected chi connectivity index (χ0v) is 13.6. The van der Waals surface area contributed by atoms with Crippen molar-refractivity contribution in [2.24, 2.45) is 0 Å². The molecule has 1 saturated carbocycles. The smallest absolute Gasteiger partial charge is 0.152 e. The summed E-state index contributed by atoms with van der Waals surface area (Å²) in [5.74, 6) is 0.803. The van der Waals surface area contributed by atoms with Gasteiger partial charge in [-0.1, -0.05) is 48.8 Å². The first-order valence-corrected chi connectivity index (χ1v) is 8.58. The van der Waals surface area contributed by atoms with E-state index in [1.54, 1.807) is 4.88 Å². The normalized spacial score (nSPS) is 16.6. The molecule has 0 spiro atoms. The zero-order valence-electron chi connectivity index (χ0n) is 12.8. The lowest BCUT2D eigenvalue weighted by molar-refractivity contribution is -0.604. The van der Waals surface area contributed by atoms with E-state index in [2.05, 4.69) is 49.6 Å². The average molecular weight is 286 g/mol. The van der Waals surface area contributed by atoms with Gasteiger partial charge < -0.3 is 0 Å². The molecule has 1 fully saturated rings. The third-order valence-electron chi connectivity index (χ3n) is 4.60. The number of benzene rings is 1. The standard InChI is InChI=1S/C18H24NS/c1-13-9-7-8-12-17(13)19-14(2)18(20-15(19)3)16-10-5-4-6-11-16/h7-9,12,16H,4-6,10-11H2,1-3H3/q+1. The number of hydrogen-bond donors (Lipinski definition) is 0. The molecule has 2 aromatic rings. The molecular weight excluding hydrogens is 262 g/mol. The van der Waals surface area contributed by atoms with E-state index in [4.69, 9.17) is 0 Å². The van der Waals surface area contributed by atoms with E-state index in [0.29, 0.717) is 0 Å².